The summed E-state index contributed by atoms with van der Waals surface area (Å²) in [5.74, 6) is -0.797. The van der Waals surface area contributed by atoms with E-state index >= 15 is 0 Å². The van der Waals surface area contributed by atoms with Gasteiger partial charge in [-0.25, -0.2) is 4.79 Å². The Kier molecular flexibility index (Phi) is 4.98. The van der Waals surface area contributed by atoms with Crippen LogP contribution in [0.3, 0.4) is 0 Å². The maximum absolute atomic E-state index is 12.0. The van der Waals surface area contributed by atoms with E-state index in [0.29, 0.717) is 23.0 Å². The average Bonchev–Trinajstić information content (AvgIpc) is 2.42. The predicted octanol–water partition coefficient (Wildman–Crippen LogP) is 2.37. The van der Waals surface area contributed by atoms with Crippen LogP contribution in [0, 0.1) is 5.92 Å². The second-order valence-electron chi connectivity index (χ2n) is 4.95. The number of piperidine rings is 1. The van der Waals surface area contributed by atoms with Crippen LogP contribution in [-0.4, -0.2) is 30.1 Å². The van der Waals surface area contributed by atoms with Crippen LogP contribution >= 0.6 is 11.6 Å². The number of nitrogens with one attached hydrogen (secondary N) is 2. The van der Waals surface area contributed by atoms with Gasteiger partial charge in [0, 0.05) is 6.42 Å². The summed E-state index contributed by atoms with van der Waals surface area (Å²) in [4.78, 5) is 22.9. The van der Waals surface area contributed by atoms with Gasteiger partial charge in [0.15, 0.2) is 0 Å². The molecule has 0 bridgehead atoms. The molecule has 0 spiro atoms. The van der Waals surface area contributed by atoms with Crippen LogP contribution in [0.15, 0.2) is 18.2 Å². The maximum atomic E-state index is 12.0. The largest absolute Gasteiger partial charge is 0.478 e. The summed E-state index contributed by atoms with van der Waals surface area (Å²) in [7, 11) is 0. The van der Waals surface area contributed by atoms with E-state index in [4.69, 9.17) is 16.7 Å². The van der Waals surface area contributed by atoms with Crippen molar-refractivity contribution in [1.29, 1.82) is 0 Å². The van der Waals surface area contributed by atoms with Gasteiger partial charge in [-0.3, -0.25) is 4.79 Å². The Morgan fingerprint density at radius 2 is 2.05 bits per heavy atom. The first-order valence-corrected chi connectivity index (χ1v) is 6.97. The summed E-state index contributed by atoms with van der Waals surface area (Å²) >= 11 is 5.97. The molecule has 3 N–H and O–H groups in total. The standard InChI is InChI=1S/C14H17ClN2O3/c15-11-2-1-10(14(19)20)8-12(11)17-13(18)7-9-3-5-16-6-4-9/h1-2,8-9,16H,3-7H2,(H,17,18)(H,19,20). The number of halogens is 1. The van der Waals surface area contributed by atoms with Gasteiger partial charge >= 0.3 is 5.97 Å². The highest BCUT2D eigenvalue weighted by Crippen LogP contribution is 2.24. The number of benzene rings is 1. The van der Waals surface area contributed by atoms with Gasteiger partial charge in [-0.15, -0.1) is 0 Å². The molecule has 1 amide bonds. The second kappa shape index (κ2) is 6.72. The fourth-order valence-corrected chi connectivity index (χ4v) is 2.47. The number of carboxylic acid groups (broad SMARTS) is 1. The minimum Gasteiger partial charge on any atom is -0.478 e. The minimum atomic E-state index is -1.05. The highest BCUT2D eigenvalue weighted by molar-refractivity contribution is 6.33. The molecule has 1 fully saturated rings. The Labute approximate surface area is 122 Å². The molecule has 5 nitrogen and oxygen atoms in total. The molecule has 0 aliphatic carbocycles. The van der Waals surface area contributed by atoms with Crippen LogP contribution in [0.4, 0.5) is 5.69 Å². The molecule has 1 aliphatic heterocycles. The van der Waals surface area contributed by atoms with Crippen molar-refractivity contribution in [3.05, 3.63) is 28.8 Å². The van der Waals surface area contributed by atoms with Crippen LogP contribution in [-0.2, 0) is 4.79 Å². The minimum absolute atomic E-state index is 0.103. The highest BCUT2D eigenvalue weighted by Gasteiger charge is 2.17. The Balaban J connectivity index is 1.99. The quantitative estimate of drug-likeness (QED) is 0.797. The van der Waals surface area contributed by atoms with Gasteiger partial charge < -0.3 is 15.7 Å². The third-order valence-corrected chi connectivity index (χ3v) is 3.75. The zero-order chi connectivity index (χ0) is 14.5. The van der Waals surface area contributed by atoms with E-state index < -0.39 is 5.97 Å². The Morgan fingerprint density at radius 3 is 2.70 bits per heavy atom. The van der Waals surface area contributed by atoms with Crippen molar-refractivity contribution in [3.63, 3.8) is 0 Å². The molecule has 0 aromatic heterocycles. The Morgan fingerprint density at radius 1 is 1.35 bits per heavy atom. The van der Waals surface area contributed by atoms with Crippen LogP contribution in [0.1, 0.15) is 29.6 Å². The SMILES string of the molecule is O=C(CC1CCNCC1)Nc1cc(C(=O)O)ccc1Cl. The van der Waals surface area contributed by atoms with E-state index in [1.165, 1.54) is 18.2 Å². The number of carboxylic acids is 1. The number of rotatable bonds is 4. The van der Waals surface area contributed by atoms with Crippen molar-refractivity contribution in [2.45, 2.75) is 19.3 Å². The molecule has 1 saturated heterocycles. The molecule has 1 aliphatic rings. The predicted molar refractivity (Wildman–Crippen MR) is 77.3 cm³/mol. The van der Waals surface area contributed by atoms with Gasteiger partial charge in [-0.2, -0.15) is 0 Å². The van der Waals surface area contributed by atoms with Gasteiger partial charge in [0.05, 0.1) is 16.3 Å². The zero-order valence-electron chi connectivity index (χ0n) is 11.0. The zero-order valence-corrected chi connectivity index (χ0v) is 11.7. The first-order valence-electron chi connectivity index (χ1n) is 6.59. The van der Waals surface area contributed by atoms with E-state index in [-0.39, 0.29) is 11.5 Å². The van der Waals surface area contributed by atoms with E-state index in [0.717, 1.165) is 25.9 Å². The number of anilines is 1. The highest BCUT2D eigenvalue weighted by atomic mass is 35.5. The molecule has 0 saturated carbocycles. The monoisotopic (exact) mass is 296 g/mol. The van der Waals surface area contributed by atoms with Gasteiger partial charge in [0.2, 0.25) is 5.91 Å². The van der Waals surface area contributed by atoms with Crippen LogP contribution in [0.5, 0.6) is 0 Å². The fraction of sp³-hybridized carbons (Fsp3) is 0.429. The van der Waals surface area contributed by atoms with Gasteiger partial charge in [-0.05, 0) is 50.0 Å². The molecule has 6 heteroatoms. The molecule has 0 unspecified atom stereocenters. The second-order valence-corrected chi connectivity index (χ2v) is 5.35. The number of hydrogen-bond donors (Lipinski definition) is 3. The summed E-state index contributed by atoms with van der Waals surface area (Å²) < 4.78 is 0. The number of aromatic carboxylic acids is 1. The first-order chi connectivity index (χ1) is 9.56. The van der Waals surface area contributed by atoms with Crippen molar-refractivity contribution in [2.75, 3.05) is 18.4 Å². The van der Waals surface area contributed by atoms with Crippen LogP contribution in [0.25, 0.3) is 0 Å². The Hall–Kier alpha value is -1.59. The number of carbonyl (C=O) groups excluding carboxylic acids is 1. The third kappa shape index (κ3) is 3.95. The van der Waals surface area contributed by atoms with E-state index in [2.05, 4.69) is 10.6 Å². The molecule has 1 heterocycles. The van der Waals surface area contributed by atoms with Gasteiger partial charge in [0.1, 0.15) is 0 Å². The normalized spacial score (nSPS) is 15.8. The number of hydrogen-bond acceptors (Lipinski definition) is 3. The van der Waals surface area contributed by atoms with Gasteiger partial charge in [0.25, 0.3) is 0 Å². The van der Waals surface area contributed by atoms with E-state index in [1.807, 2.05) is 0 Å². The topological polar surface area (TPSA) is 78.4 Å². The maximum Gasteiger partial charge on any atom is 0.335 e. The number of amides is 1. The van der Waals surface area contributed by atoms with E-state index in [9.17, 15) is 9.59 Å². The van der Waals surface area contributed by atoms with Gasteiger partial charge in [-0.1, -0.05) is 11.6 Å². The summed E-state index contributed by atoms with van der Waals surface area (Å²) in [6.07, 6.45) is 2.40. The van der Waals surface area contributed by atoms with Crippen molar-refractivity contribution in [3.8, 4) is 0 Å². The Bertz CT molecular complexity index is 513. The van der Waals surface area contributed by atoms with Crippen molar-refractivity contribution in [2.24, 2.45) is 5.92 Å². The molecule has 1 aromatic carbocycles. The van der Waals surface area contributed by atoms with Crippen LogP contribution < -0.4 is 10.6 Å². The molecule has 2 rings (SSSR count). The van der Waals surface area contributed by atoms with Crippen molar-refractivity contribution in [1.82, 2.24) is 5.32 Å². The average molecular weight is 297 g/mol. The summed E-state index contributed by atoms with van der Waals surface area (Å²) in [6.45, 7) is 1.88. The lowest BCUT2D eigenvalue weighted by atomic mass is 9.94. The van der Waals surface area contributed by atoms with Crippen molar-refractivity contribution < 1.29 is 14.7 Å². The lowest BCUT2D eigenvalue weighted by Gasteiger charge is -2.22. The molecule has 20 heavy (non-hydrogen) atoms. The fourth-order valence-electron chi connectivity index (χ4n) is 2.30. The first kappa shape index (κ1) is 14.8. The van der Waals surface area contributed by atoms with Crippen LogP contribution in [0.2, 0.25) is 5.02 Å². The summed E-state index contributed by atoms with van der Waals surface area (Å²) in [5, 5.41) is 15.2. The number of carbonyl (C=O) groups is 2. The summed E-state index contributed by atoms with van der Waals surface area (Å²) in [5.41, 5.74) is 0.456. The smallest absolute Gasteiger partial charge is 0.335 e. The molecular weight excluding hydrogens is 280 g/mol. The molecule has 0 atom stereocenters. The third-order valence-electron chi connectivity index (χ3n) is 3.42. The van der Waals surface area contributed by atoms with Crippen molar-refractivity contribution >= 4 is 29.2 Å². The lowest BCUT2D eigenvalue weighted by Crippen LogP contribution is -2.30. The van der Waals surface area contributed by atoms with E-state index in [1.54, 1.807) is 0 Å². The lowest BCUT2D eigenvalue weighted by molar-refractivity contribution is -0.117. The molecule has 108 valence electrons. The molecule has 0 radical (unpaired) electrons. The summed E-state index contributed by atoms with van der Waals surface area (Å²) in [6, 6.07) is 4.27. The molecular formula is C14H17ClN2O3. The molecule has 1 aromatic rings.